The van der Waals surface area contributed by atoms with E-state index in [9.17, 15) is 5.11 Å². The monoisotopic (exact) mass is 238 g/mol. The van der Waals surface area contributed by atoms with Gasteiger partial charge in [-0.15, -0.1) is 10.2 Å². The lowest BCUT2D eigenvalue weighted by Gasteiger charge is -2.08. The van der Waals surface area contributed by atoms with Gasteiger partial charge in [0.25, 0.3) is 0 Å². The molecule has 5 nitrogen and oxygen atoms in total. The van der Waals surface area contributed by atoms with E-state index >= 15 is 0 Å². The molecule has 0 saturated carbocycles. The van der Waals surface area contributed by atoms with Crippen LogP contribution in [-0.4, -0.2) is 25.3 Å². The fourth-order valence-corrected chi connectivity index (χ4v) is 1.61. The molecule has 0 saturated heterocycles. The summed E-state index contributed by atoms with van der Waals surface area (Å²) in [6.07, 6.45) is -0.336. The molecule has 1 atom stereocenters. The molecule has 84 valence electrons. The molecule has 1 N–H and O–H groups in total. The van der Waals surface area contributed by atoms with Crippen LogP contribution >= 0.6 is 11.6 Å². The average Bonchev–Trinajstić information content (AvgIpc) is 2.64. The summed E-state index contributed by atoms with van der Waals surface area (Å²) < 4.78 is 0. The van der Waals surface area contributed by atoms with E-state index in [4.69, 9.17) is 11.6 Å². The Morgan fingerprint density at radius 1 is 1.50 bits per heavy atom. The van der Waals surface area contributed by atoms with Crippen LogP contribution in [0.5, 0.6) is 0 Å². The SMILES string of the molecule is Cn1nnc(CC(O)c2cccc(Cl)c2)n1. The number of tetrazole rings is 1. The molecular weight excluding hydrogens is 228 g/mol. The number of nitrogens with zero attached hydrogens (tertiary/aromatic N) is 4. The lowest BCUT2D eigenvalue weighted by molar-refractivity contribution is 0.175. The van der Waals surface area contributed by atoms with Crippen molar-refractivity contribution in [2.45, 2.75) is 12.5 Å². The van der Waals surface area contributed by atoms with Crippen LogP contribution in [0.1, 0.15) is 17.5 Å². The molecule has 6 heteroatoms. The highest BCUT2D eigenvalue weighted by Gasteiger charge is 2.12. The summed E-state index contributed by atoms with van der Waals surface area (Å²) in [5, 5.41) is 22.0. The number of aromatic nitrogens is 4. The maximum Gasteiger partial charge on any atom is 0.177 e. The minimum absolute atomic E-state index is 0.328. The lowest BCUT2D eigenvalue weighted by atomic mass is 10.1. The number of benzene rings is 1. The van der Waals surface area contributed by atoms with Crippen molar-refractivity contribution in [3.8, 4) is 0 Å². The topological polar surface area (TPSA) is 63.8 Å². The second kappa shape index (κ2) is 4.59. The Kier molecular flexibility index (Phi) is 3.17. The Hall–Kier alpha value is -1.46. The molecule has 16 heavy (non-hydrogen) atoms. The van der Waals surface area contributed by atoms with Crippen molar-refractivity contribution in [3.05, 3.63) is 40.7 Å². The number of aliphatic hydroxyl groups excluding tert-OH is 1. The highest BCUT2D eigenvalue weighted by atomic mass is 35.5. The molecule has 1 heterocycles. The summed E-state index contributed by atoms with van der Waals surface area (Å²) in [4.78, 5) is 1.36. The molecule has 0 aliphatic heterocycles. The van der Waals surface area contributed by atoms with Crippen LogP contribution in [-0.2, 0) is 13.5 Å². The summed E-state index contributed by atoms with van der Waals surface area (Å²) in [6.45, 7) is 0. The number of halogens is 1. The summed E-state index contributed by atoms with van der Waals surface area (Å²) in [5.41, 5.74) is 0.750. The molecule has 0 radical (unpaired) electrons. The zero-order chi connectivity index (χ0) is 11.5. The van der Waals surface area contributed by atoms with Gasteiger partial charge in [0.15, 0.2) is 5.82 Å². The number of rotatable bonds is 3. The van der Waals surface area contributed by atoms with Crippen LogP contribution in [0.25, 0.3) is 0 Å². The van der Waals surface area contributed by atoms with Gasteiger partial charge in [-0.05, 0) is 22.9 Å². The van der Waals surface area contributed by atoms with Crippen molar-refractivity contribution in [2.24, 2.45) is 7.05 Å². The third-order valence-corrected chi connectivity index (χ3v) is 2.39. The first-order chi connectivity index (χ1) is 7.65. The lowest BCUT2D eigenvalue weighted by Crippen LogP contribution is -2.03. The van der Waals surface area contributed by atoms with Gasteiger partial charge in [0, 0.05) is 11.4 Å². The van der Waals surface area contributed by atoms with Gasteiger partial charge in [-0.25, -0.2) is 0 Å². The molecule has 2 aromatic rings. The average molecular weight is 239 g/mol. The van der Waals surface area contributed by atoms with Gasteiger partial charge in [-0.1, -0.05) is 23.7 Å². The molecule has 1 unspecified atom stereocenters. The van der Waals surface area contributed by atoms with Crippen LogP contribution < -0.4 is 0 Å². The molecule has 1 aromatic heterocycles. The van der Waals surface area contributed by atoms with Gasteiger partial charge in [0.05, 0.1) is 13.2 Å². The quantitative estimate of drug-likeness (QED) is 0.871. The highest BCUT2D eigenvalue weighted by Crippen LogP contribution is 2.19. The van der Waals surface area contributed by atoms with E-state index in [1.54, 1.807) is 25.2 Å². The highest BCUT2D eigenvalue weighted by molar-refractivity contribution is 6.30. The van der Waals surface area contributed by atoms with Crippen LogP contribution in [0, 0.1) is 0 Å². The van der Waals surface area contributed by atoms with Gasteiger partial charge >= 0.3 is 0 Å². The maximum absolute atomic E-state index is 9.93. The summed E-state index contributed by atoms with van der Waals surface area (Å²) in [7, 11) is 1.68. The largest absolute Gasteiger partial charge is 0.388 e. The van der Waals surface area contributed by atoms with Gasteiger partial charge in [0.1, 0.15) is 0 Å². The summed E-state index contributed by atoms with van der Waals surface area (Å²) >= 11 is 5.84. The van der Waals surface area contributed by atoms with Crippen molar-refractivity contribution < 1.29 is 5.11 Å². The van der Waals surface area contributed by atoms with Gasteiger partial charge in [0.2, 0.25) is 0 Å². The van der Waals surface area contributed by atoms with Gasteiger partial charge in [-0.2, -0.15) is 4.80 Å². The summed E-state index contributed by atoms with van der Waals surface area (Å²) in [6, 6.07) is 7.10. The van der Waals surface area contributed by atoms with Crippen molar-refractivity contribution in [1.29, 1.82) is 0 Å². The Bertz CT molecular complexity index is 485. The molecule has 2 rings (SSSR count). The fourth-order valence-electron chi connectivity index (χ4n) is 1.41. The number of hydrogen-bond donors (Lipinski definition) is 1. The van der Waals surface area contributed by atoms with Crippen LogP contribution in [0.3, 0.4) is 0 Å². The molecule has 0 amide bonds. The third-order valence-electron chi connectivity index (χ3n) is 2.16. The van der Waals surface area contributed by atoms with E-state index in [-0.39, 0.29) is 0 Å². The molecule has 0 spiro atoms. The molecule has 1 aromatic carbocycles. The minimum atomic E-state index is -0.664. The smallest absolute Gasteiger partial charge is 0.177 e. The van der Waals surface area contributed by atoms with Crippen LogP contribution in [0.2, 0.25) is 5.02 Å². The Morgan fingerprint density at radius 2 is 2.31 bits per heavy atom. The second-order valence-corrected chi connectivity index (χ2v) is 3.91. The van der Waals surface area contributed by atoms with Crippen molar-refractivity contribution >= 4 is 11.6 Å². The van der Waals surface area contributed by atoms with Gasteiger partial charge < -0.3 is 5.11 Å². The van der Waals surface area contributed by atoms with Crippen molar-refractivity contribution in [2.75, 3.05) is 0 Å². The van der Waals surface area contributed by atoms with Gasteiger partial charge in [-0.3, -0.25) is 0 Å². The second-order valence-electron chi connectivity index (χ2n) is 3.47. The first kappa shape index (κ1) is 11.0. The minimum Gasteiger partial charge on any atom is -0.388 e. The predicted octanol–water partition coefficient (Wildman–Crippen LogP) is 1.14. The van der Waals surface area contributed by atoms with Crippen LogP contribution in [0.4, 0.5) is 0 Å². The first-order valence-corrected chi connectivity index (χ1v) is 5.19. The standard InChI is InChI=1S/C10H11ClN4O/c1-15-13-10(12-14-15)6-9(16)7-3-2-4-8(11)5-7/h2-5,9,16H,6H2,1H3. The van der Waals surface area contributed by atoms with Crippen LogP contribution in [0.15, 0.2) is 24.3 Å². The molecule has 0 bridgehead atoms. The van der Waals surface area contributed by atoms with E-state index < -0.39 is 6.10 Å². The predicted molar refractivity (Wildman–Crippen MR) is 58.9 cm³/mol. The number of aliphatic hydroxyl groups is 1. The number of aryl methyl sites for hydroxylation is 1. The Labute approximate surface area is 97.7 Å². The first-order valence-electron chi connectivity index (χ1n) is 4.81. The Morgan fingerprint density at radius 3 is 2.94 bits per heavy atom. The van der Waals surface area contributed by atoms with E-state index in [2.05, 4.69) is 15.4 Å². The fraction of sp³-hybridized carbons (Fsp3) is 0.300. The van der Waals surface area contributed by atoms with E-state index in [1.165, 1.54) is 4.80 Å². The summed E-state index contributed by atoms with van der Waals surface area (Å²) in [5.74, 6) is 0.509. The number of hydrogen-bond acceptors (Lipinski definition) is 4. The third kappa shape index (κ3) is 2.56. The molecule has 0 aliphatic carbocycles. The van der Waals surface area contributed by atoms with E-state index in [0.29, 0.717) is 17.3 Å². The van der Waals surface area contributed by atoms with Crippen molar-refractivity contribution in [3.63, 3.8) is 0 Å². The Balaban J connectivity index is 2.11. The molecule has 0 fully saturated rings. The molecular formula is C10H11ClN4O. The van der Waals surface area contributed by atoms with E-state index in [1.807, 2.05) is 6.07 Å². The normalized spacial score (nSPS) is 12.7. The van der Waals surface area contributed by atoms with Crippen molar-refractivity contribution in [1.82, 2.24) is 20.2 Å². The zero-order valence-corrected chi connectivity index (χ0v) is 9.46. The zero-order valence-electron chi connectivity index (χ0n) is 8.71. The molecule has 0 aliphatic rings. The van der Waals surface area contributed by atoms with E-state index in [0.717, 1.165) is 5.56 Å². The maximum atomic E-state index is 9.93.